The molecule has 0 spiro atoms. The molecule has 0 fully saturated rings. The SMILES string of the molecule is CNCCCNC(=O)c1cccc(OCCOC)c1.Cl. The number of rotatable bonds is 9. The van der Waals surface area contributed by atoms with Crippen molar-refractivity contribution in [2.45, 2.75) is 6.42 Å². The van der Waals surface area contributed by atoms with Crippen molar-refractivity contribution in [3.63, 3.8) is 0 Å². The van der Waals surface area contributed by atoms with Crippen LogP contribution in [0.4, 0.5) is 0 Å². The van der Waals surface area contributed by atoms with Crippen molar-refractivity contribution >= 4 is 18.3 Å². The van der Waals surface area contributed by atoms with E-state index < -0.39 is 0 Å². The Bertz CT molecular complexity index is 388. The van der Waals surface area contributed by atoms with Gasteiger partial charge in [-0.3, -0.25) is 4.79 Å². The molecule has 0 aliphatic carbocycles. The van der Waals surface area contributed by atoms with Crippen molar-refractivity contribution in [1.29, 1.82) is 0 Å². The fourth-order valence-electron chi connectivity index (χ4n) is 1.54. The Labute approximate surface area is 126 Å². The minimum absolute atomic E-state index is 0. The molecule has 0 aliphatic rings. The van der Waals surface area contributed by atoms with E-state index in [1.807, 2.05) is 19.2 Å². The van der Waals surface area contributed by atoms with E-state index in [1.54, 1.807) is 19.2 Å². The predicted molar refractivity (Wildman–Crippen MR) is 81.9 cm³/mol. The van der Waals surface area contributed by atoms with Gasteiger partial charge in [0, 0.05) is 19.2 Å². The molecule has 6 heteroatoms. The molecule has 114 valence electrons. The fraction of sp³-hybridized carbons (Fsp3) is 0.500. The predicted octanol–water partition coefficient (Wildman–Crippen LogP) is 1.47. The minimum Gasteiger partial charge on any atom is -0.491 e. The number of benzene rings is 1. The van der Waals surface area contributed by atoms with Crippen molar-refractivity contribution in [3.8, 4) is 5.75 Å². The lowest BCUT2D eigenvalue weighted by atomic mass is 10.2. The standard InChI is InChI=1S/C14H22N2O3.ClH/c1-15-7-4-8-16-14(17)12-5-3-6-13(11-12)19-10-9-18-2;/h3,5-6,11,15H,4,7-10H2,1-2H3,(H,16,17);1H. The van der Waals surface area contributed by atoms with Gasteiger partial charge >= 0.3 is 0 Å². The van der Waals surface area contributed by atoms with Crippen LogP contribution in [0.1, 0.15) is 16.8 Å². The zero-order valence-corrected chi connectivity index (χ0v) is 12.8. The molecule has 2 N–H and O–H groups in total. The molecule has 0 saturated heterocycles. The fourth-order valence-corrected chi connectivity index (χ4v) is 1.54. The zero-order chi connectivity index (χ0) is 13.9. The monoisotopic (exact) mass is 302 g/mol. The maximum absolute atomic E-state index is 11.9. The topological polar surface area (TPSA) is 59.6 Å². The first-order valence-electron chi connectivity index (χ1n) is 6.42. The van der Waals surface area contributed by atoms with Gasteiger partial charge in [-0.15, -0.1) is 12.4 Å². The Kier molecular flexibility index (Phi) is 10.8. The van der Waals surface area contributed by atoms with Crippen molar-refractivity contribution in [1.82, 2.24) is 10.6 Å². The summed E-state index contributed by atoms with van der Waals surface area (Å²) >= 11 is 0. The number of carbonyl (C=O) groups is 1. The summed E-state index contributed by atoms with van der Waals surface area (Å²) in [5, 5.41) is 5.90. The number of methoxy groups -OCH3 is 1. The van der Waals surface area contributed by atoms with Gasteiger partial charge in [0.1, 0.15) is 12.4 Å². The second-order valence-electron chi connectivity index (χ2n) is 4.08. The molecule has 0 unspecified atom stereocenters. The lowest BCUT2D eigenvalue weighted by Gasteiger charge is -2.08. The highest BCUT2D eigenvalue weighted by molar-refractivity contribution is 5.94. The first-order chi connectivity index (χ1) is 9.27. The quantitative estimate of drug-likeness (QED) is 0.678. The Hall–Kier alpha value is -1.30. The van der Waals surface area contributed by atoms with E-state index in [0.29, 0.717) is 31.1 Å². The van der Waals surface area contributed by atoms with Crippen LogP contribution >= 0.6 is 12.4 Å². The molecule has 5 nitrogen and oxygen atoms in total. The van der Waals surface area contributed by atoms with Gasteiger partial charge in [0.15, 0.2) is 0 Å². The number of hydrogen-bond donors (Lipinski definition) is 2. The molecule has 20 heavy (non-hydrogen) atoms. The van der Waals surface area contributed by atoms with Crippen LogP contribution in [0.15, 0.2) is 24.3 Å². The van der Waals surface area contributed by atoms with E-state index in [2.05, 4.69) is 10.6 Å². The molecule has 1 amide bonds. The van der Waals surface area contributed by atoms with Crippen molar-refractivity contribution in [3.05, 3.63) is 29.8 Å². The van der Waals surface area contributed by atoms with Crippen molar-refractivity contribution in [2.75, 3.05) is 40.5 Å². The summed E-state index contributed by atoms with van der Waals surface area (Å²) in [6.45, 7) is 2.55. The normalized spacial score (nSPS) is 9.70. The molecule has 0 aromatic heterocycles. The summed E-state index contributed by atoms with van der Waals surface area (Å²) in [5.41, 5.74) is 0.611. The van der Waals surface area contributed by atoms with Crippen LogP contribution < -0.4 is 15.4 Å². The van der Waals surface area contributed by atoms with Crippen LogP contribution in [-0.2, 0) is 4.74 Å². The third-order valence-corrected chi connectivity index (χ3v) is 2.54. The summed E-state index contributed by atoms with van der Waals surface area (Å²) in [7, 11) is 3.51. The minimum atomic E-state index is -0.0757. The highest BCUT2D eigenvalue weighted by Crippen LogP contribution is 2.13. The maximum atomic E-state index is 11.9. The highest BCUT2D eigenvalue weighted by Gasteiger charge is 2.05. The third kappa shape index (κ3) is 7.33. The van der Waals surface area contributed by atoms with Crippen LogP contribution in [0.25, 0.3) is 0 Å². The van der Waals surface area contributed by atoms with Gasteiger partial charge < -0.3 is 20.1 Å². The van der Waals surface area contributed by atoms with Crippen LogP contribution in [0.3, 0.4) is 0 Å². The van der Waals surface area contributed by atoms with Gasteiger partial charge in [0.05, 0.1) is 6.61 Å². The molecule has 0 saturated carbocycles. The Balaban J connectivity index is 0.00000361. The molecule has 1 aromatic rings. The zero-order valence-electron chi connectivity index (χ0n) is 12.0. The first-order valence-corrected chi connectivity index (χ1v) is 6.42. The summed E-state index contributed by atoms with van der Waals surface area (Å²) in [6.07, 6.45) is 0.909. The molecule has 1 aromatic carbocycles. The summed E-state index contributed by atoms with van der Waals surface area (Å²) in [4.78, 5) is 11.9. The molecule has 1 rings (SSSR count). The van der Waals surface area contributed by atoms with Gasteiger partial charge in [-0.2, -0.15) is 0 Å². The lowest BCUT2D eigenvalue weighted by Crippen LogP contribution is -2.26. The average molecular weight is 303 g/mol. The largest absolute Gasteiger partial charge is 0.491 e. The summed E-state index contributed by atoms with van der Waals surface area (Å²) < 4.78 is 10.4. The summed E-state index contributed by atoms with van der Waals surface area (Å²) in [6, 6.07) is 7.15. The number of carbonyl (C=O) groups excluding carboxylic acids is 1. The van der Waals surface area contributed by atoms with Crippen molar-refractivity contribution in [2.24, 2.45) is 0 Å². The van der Waals surface area contributed by atoms with Gasteiger partial charge in [-0.25, -0.2) is 0 Å². The van der Waals surface area contributed by atoms with Gasteiger partial charge in [0.25, 0.3) is 5.91 Å². The average Bonchev–Trinajstić information content (AvgIpc) is 2.44. The van der Waals surface area contributed by atoms with Gasteiger partial charge in [-0.1, -0.05) is 6.07 Å². The molecular weight excluding hydrogens is 280 g/mol. The van der Waals surface area contributed by atoms with Gasteiger partial charge in [0.2, 0.25) is 0 Å². The van der Waals surface area contributed by atoms with E-state index >= 15 is 0 Å². The highest BCUT2D eigenvalue weighted by atomic mass is 35.5. The summed E-state index contributed by atoms with van der Waals surface area (Å²) in [5.74, 6) is 0.605. The number of amides is 1. The molecule has 0 aliphatic heterocycles. The second-order valence-corrected chi connectivity index (χ2v) is 4.08. The number of hydrogen-bond acceptors (Lipinski definition) is 4. The van der Waals surface area contributed by atoms with E-state index in [0.717, 1.165) is 13.0 Å². The van der Waals surface area contributed by atoms with Crippen molar-refractivity contribution < 1.29 is 14.3 Å². The molecular formula is C14H23ClN2O3. The molecule has 0 bridgehead atoms. The Morgan fingerprint density at radius 2 is 2.05 bits per heavy atom. The lowest BCUT2D eigenvalue weighted by molar-refractivity contribution is 0.0952. The Morgan fingerprint density at radius 1 is 1.25 bits per heavy atom. The third-order valence-electron chi connectivity index (χ3n) is 2.54. The Morgan fingerprint density at radius 3 is 2.75 bits per heavy atom. The van der Waals surface area contributed by atoms with E-state index in [9.17, 15) is 4.79 Å². The smallest absolute Gasteiger partial charge is 0.251 e. The van der Waals surface area contributed by atoms with E-state index in [-0.39, 0.29) is 18.3 Å². The molecule has 0 heterocycles. The van der Waals surface area contributed by atoms with E-state index in [1.165, 1.54) is 0 Å². The number of halogens is 1. The second kappa shape index (κ2) is 11.5. The van der Waals surface area contributed by atoms with E-state index in [4.69, 9.17) is 9.47 Å². The van der Waals surface area contributed by atoms with Crippen LogP contribution in [-0.4, -0.2) is 46.4 Å². The number of ether oxygens (including phenoxy) is 2. The number of nitrogens with one attached hydrogen (secondary N) is 2. The first kappa shape index (κ1) is 18.7. The maximum Gasteiger partial charge on any atom is 0.251 e. The van der Waals surface area contributed by atoms with Crippen LogP contribution in [0, 0.1) is 0 Å². The molecule has 0 atom stereocenters. The van der Waals surface area contributed by atoms with Gasteiger partial charge in [-0.05, 0) is 38.2 Å². The van der Waals surface area contributed by atoms with Crippen LogP contribution in [0.5, 0.6) is 5.75 Å². The molecule has 0 radical (unpaired) electrons. The van der Waals surface area contributed by atoms with Crippen LogP contribution in [0.2, 0.25) is 0 Å².